The van der Waals surface area contributed by atoms with Gasteiger partial charge in [0.1, 0.15) is 6.54 Å². The number of nitrogens with one attached hydrogen (secondary N) is 1. The summed E-state index contributed by atoms with van der Waals surface area (Å²) in [5, 5.41) is 4.88. The van der Waals surface area contributed by atoms with Crippen LogP contribution < -0.4 is 5.32 Å². The largest absolute Gasteiger partial charge is 0.449 e. The molecule has 1 atom stereocenters. The molecule has 2 aromatic heterocycles. The van der Waals surface area contributed by atoms with Gasteiger partial charge in [-0.2, -0.15) is 13.2 Å². The van der Waals surface area contributed by atoms with Crippen molar-refractivity contribution in [3.05, 3.63) is 52.5 Å². The van der Waals surface area contributed by atoms with E-state index in [1.165, 1.54) is 6.07 Å². The van der Waals surface area contributed by atoms with E-state index in [1.807, 2.05) is 17.5 Å². The van der Waals surface area contributed by atoms with E-state index in [2.05, 4.69) is 22.1 Å². The van der Waals surface area contributed by atoms with Crippen molar-refractivity contribution in [2.24, 2.45) is 5.92 Å². The second kappa shape index (κ2) is 9.00. The molecule has 0 radical (unpaired) electrons. The number of carbonyl (C=O) groups is 1. The Bertz CT molecular complexity index is 1020. The van der Waals surface area contributed by atoms with Gasteiger partial charge >= 0.3 is 6.18 Å². The summed E-state index contributed by atoms with van der Waals surface area (Å²) in [6, 6.07) is 10.4. The molecule has 1 aliphatic rings. The Hall–Kier alpha value is -2.39. The maximum absolute atomic E-state index is 13.5. The molecule has 0 bridgehead atoms. The van der Waals surface area contributed by atoms with Crippen LogP contribution in [0, 0.1) is 5.92 Å². The number of thiophene rings is 1. The Morgan fingerprint density at radius 3 is 2.65 bits per heavy atom. The highest BCUT2D eigenvalue weighted by atomic mass is 32.1. The van der Waals surface area contributed by atoms with Crippen molar-refractivity contribution in [3.8, 4) is 0 Å². The average molecular weight is 451 g/mol. The van der Waals surface area contributed by atoms with Gasteiger partial charge in [0.15, 0.2) is 0 Å². The van der Waals surface area contributed by atoms with Gasteiger partial charge in [-0.15, -0.1) is 11.3 Å². The molecule has 3 aromatic rings. The first-order valence-corrected chi connectivity index (χ1v) is 11.3. The molecule has 1 amide bonds. The molecule has 1 fully saturated rings. The molecular formula is C22H25F3N4OS. The number of likely N-dealkylation sites (tertiary alicyclic amines) is 1. The maximum atomic E-state index is 13.5. The van der Waals surface area contributed by atoms with E-state index in [-0.39, 0.29) is 11.6 Å². The molecule has 3 heterocycles. The van der Waals surface area contributed by atoms with E-state index in [9.17, 15) is 18.0 Å². The van der Waals surface area contributed by atoms with Crippen molar-refractivity contribution in [2.75, 3.05) is 19.6 Å². The third kappa shape index (κ3) is 4.93. The van der Waals surface area contributed by atoms with Gasteiger partial charge in [0.25, 0.3) is 0 Å². The van der Waals surface area contributed by atoms with Gasteiger partial charge in [-0.05, 0) is 55.4 Å². The smallest absolute Gasteiger partial charge is 0.353 e. The summed E-state index contributed by atoms with van der Waals surface area (Å²) in [4.78, 5) is 19.9. The van der Waals surface area contributed by atoms with Gasteiger partial charge in [-0.3, -0.25) is 9.69 Å². The van der Waals surface area contributed by atoms with E-state index in [0.717, 1.165) is 35.4 Å². The van der Waals surface area contributed by atoms with Gasteiger partial charge in [0, 0.05) is 11.4 Å². The molecule has 1 aliphatic heterocycles. The molecule has 5 nitrogen and oxygen atoms in total. The highest BCUT2D eigenvalue weighted by molar-refractivity contribution is 7.10. The number of benzene rings is 1. The topological polar surface area (TPSA) is 50.2 Å². The Morgan fingerprint density at radius 2 is 1.97 bits per heavy atom. The third-order valence-electron chi connectivity index (χ3n) is 5.83. The zero-order valence-electron chi connectivity index (χ0n) is 17.2. The second-order valence-electron chi connectivity index (χ2n) is 8.06. The van der Waals surface area contributed by atoms with E-state index < -0.39 is 24.5 Å². The van der Waals surface area contributed by atoms with Crippen LogP contribution in [0.4, 0.5) is 13.2 Å². The minimum atomic E-state index is -4.64. The number of alkyl halides is 3. The zero-order chi connectivity index (χ0) is 22.0. The predicted molar refractivity (Wildman–Crippen MR) is 115 cm³/mol. The number of aromatic nitrogens is 2. The van der Waals surface area contributed by atoms with Crippen LogP contribution in [0.1, 0.15) is 36.5 Å². The van der Waals surface area contributed by atoms with Crippen LogP contribution in [0.15, 0.2) is 41.8 Å². The number of amides is 1. The molecular weight excluding hydrogens is 425 g/mol. The zero-order valence-corrected chi connectivity index (χ0v) is 18.0. The lowest BCUT2D eigenvalue weighted by Crippen LogP contribution is -2.42. The summed E-state index contributed by atoms with van der Waals surface area (Å²) in [5.41, 5.74) is 0.520. The molecule has 166 valence electrons. The quantitative estimate of drug-likeness (QED) is 0.592. The van der Waals surface area contributed by atoms with Gasteiger partial charge in [-0.1, -0.05) is 25.1 Å². The SMILES string of the molecule is CC1CCN([C@@H](CNC(=O)Cn2c(C(F)(F)F)nc3ccccc32)c2cccs2)CC1. The van der Waals surface area contributed by atoms with Crippen LogP contribution in [-0.2, 0) is 17.5 Å². The van der Waals surface area contributed by atoms with Crippen LogP contribution in [0.25, 0.3) is 11.0 Å². The Morgan fingerprint density at radius 1 is 1.23 bits per heavy atom. The fraction of sp³-hybridized carbons (Fsp3) is 0.455. The van der Waals surface area contributed by atoms with Crippen LogP contribution in [-0.4, -0.2) is 40.0 Å². The Kier molecular flexibility index (Phi) is 6.34. The number of halogens is 3. The summed E-state index contributed by atoms with van der Waals surface area (Å²) >= 11 is 1.63. The molecule has 0 aliphatic carbocycles. The first kappa shape index (κ1) is 21.8. The fourth-order valence-corrected chi connectivity index (χ4v) is 4.95. The lowest BCUT2D eigenvalue weighted by molar-refractivity contribution is -0.147. The summed E-state index contributed by atoms with van der Waals surface area (Å²) < 4.78 is 41.4. The maximum Gasteiger partial charge on any atom is 0.449 e. The van der Waals surface area contributed by atoms with Crippen molar-refractivity contribution in [3.63, 3.8) is 0 Å². The molecule has 4 rings (SSSR count). The highest BCUT2D eigenvalue weighted by Gasteiger charge is 2.38. The summed E-state index contributed by atoms with van der Waals surface area (Å²) in [6.45, 7) is 4.08. The van der Waals surface area contributed by atoms with E-state index in [4.69, 9.17) is 0 Å². The van der Waals surface area contributed by atoms with E-state index in [1.54, 1.807) is 29.5 Å². The van der Waals surface area contributed by atoms with E-state index in [0.29, 0.717) is 18.0 Å². The molecule has 1 saturated heterocycles. The van der Waals surface area contributed by atoms with Gasteiger partial charge in [0.05, 0.1) is 17.1 Å². The van der Waals surface area contributed by atoms with Crippen LogP contribution in [0.5, 0.6) is 0 Å². The number of nitrogens with zero attached hydrogens (tertiary/aromatic N) is 3. The summed E-state index contributed by atoms with van der Waals surface area (Å²) in [6.07, 6.45) is -2.43. The molecule has 9 heteroatoms. The number of fused-ring (bicyclic) bond motifs is 1. The number of rotatable bonds is 6. The minimum absolute atomic E-state index is 0.0260. The van der Waals surface area contributed by atoms with Gasteiger partial charge < -0.3 is 9.88 Å². The van der Waals surface area contributed by atoms with Crippen molar-refractivity contribution in [1.29, 1.82) is 0 Å². The van der Waals surface area contributed by atoms with Crippen molar-refractivity contribution >= 4 is 28.3 Å². The monoisotopic (exact) mass is 450 g/mol. The molecule has 1 N–H and O–H groups in total. The van der Waals surface area contributed by atoms with Crippen molar-refractivity contribution in [2.45, 2.75) is 38.5 Å². The standard InChI is InChI=1S/C22H25F3N4OS/c1-15-8-10-28(11-9-15)18(19-7-4-12-31-19)13-26-20(30)14-29-17-6-3-2-5-16(17)27-21(29)22(23,24)25/h2-7,12,15,18H,8-11,13-14H2,1H3,(H,26,30)/t18-/m0/s1. The summed E-state index contributed by atoms with van der Waals surface area (Å²) in [5.74, 6) is -0.825. The predicted octanol–water partition coefficient (Wildman–Crippen LogP) is 4.71. The number of hydrogen-bond acceptors (Lipinski definition) is 4. The average Bonchev–Trinajstić information content (AvgIpc) is 3.38. The van der Waals surface area contributed by atoms with Crippen molar-refractivity contribution < 1.29 is 18.0 Å². The van der Waals surface area contributed by atoms with Crippen LogP contribution in [0.2, 0.25) is 0 Å². The van der Waals surface area contributed by atoms with Gasteiger partial charge in [-0.25, -0.2) is 4.98 Å². The number of para-hydroxylation sites is 2. The molecule has 0 saturated carbocycles. The molecule has 1 aromatic carbocycles. The van der Waals surface area contributed by atoms with Crippen molar-refractivity contribution in [1.82, 2.24) is 19.8 Å². The third-order valence-corrected chi connectivity index (χ3v) is 6.81. The number of imidazole rings is 1. The molecule has 31 heavy (non-hydrogen) atoms. The number of carbonyl (C=O) groups excluding carboxylic acids is 1. The number of piperidine rings is 1. The first-order chi connectivity index (χ1) is 14.8. The lowest BCUT2D eigenvalue weighted by atomic mass is 9.97. The highest BCUT2D eigenvalue weighted by Crippen LogP contribution is 2.32. The normalized spacial score (nSPS) is 17.2. The van der Waals surface area contributed by atoms with E-state index >= 15 is 0 Å². The Balaban J connectivity index is 1.49. The van der Waals surface area contributed by atoms with Gasteiger partial charge in [0.2, 0.25) is 11.7 Å². The first-order valence-electron chi connectivity index (χ1n) is 10.4. The fourth-order valence-electron chi connectivity index (χ4n) is 4.09. The van der Waals surface area contributed by atoms with Crippen LogP contribution in [0.3, 0.4) is 0 Å². The Labute approximate surface area is 182 Å². The lowest BCUT2D eigenvalue weighted by Gasteiger charge is -2.36. The molecule has 0 spiro atoms. The minimum Gasteiger partial charge on any atom is -0.353 e. The second-order valence-corrected chi connectivity index (χ2v) is 9.04. The number of hydrogen-bond donors (Lipinski definition) is 1. The van der Waals surface area contributed by atoms with Crippen LogP contribution >= 0.6 is 11.3 Å². The molecule has 0 unspecified atom stereocenters. The summed E-state index contributed by atoms with van der Waals surface area (Å²) in [7, 11) is 0.